The highest BCUT2D eigenvalue weighted by atomic mass is 79.9. The quantitative estimate of drug-likeness (QED) is 0.694. The van der Waals surface area contributed by atoms with E-state index >= 15 is 0 Å². The number of halogens is 3. The van der Waals surface area contributed by atoms with Crippen molar-refractivity contribution in [2.45, 2.75) is 25.3 Å². The smallest absolute Gasteiger partial charge is 0.248 e. The van der Waals surface area contributed by atoms with Crippen molar-refractivity contribution in [2.24, 2.45) is 5.73 Å². The predicted molar refractivity (Wildman–Crippen MR) is 117 cm³/mol. The second-order valence-corrected chi connectivity index (χ2v) is 7.32. The number of hydrogen-bond acceptors (Lipinski definition) is 3. The summed E-state index contributed by atoms with van der Waals surface area (Å²) < 4.78 is 0.959. The van der Waals surface area contributed by atoms with Crippen molar-refractivity contribution in [2.75, 3.05) is 23.3 Å². The van der Waals surface area contributed by atoms with E-state index in [9.17, 15) is 4.79 Å². The molecule has 1 unspecified atom stereocenters. The first kappa shape index (κ1) is 22.8. The molecule has 1 heterocycles. The summed E-state index contributed by atoms with van der Waals surface area (Å²) in [5.74, 6) is -0.219. The Labute approximate surface area is 175 Å². The van der Waals surface area contributed by atoms with E-state index in [1.165, 1.54) is 12.8 Å². The van der Waals surface area contributed by atoms with Gasteiger partial charge in [-0.3, -0.25) is 4.79 Å². The third kappa shape index (κ3) is 5.13. The van der Waals surface area contributed by atoms with Crippen molar-refractivity contribution in [3.8, 4) is 0 Å². The van der Waals surface area contributed by atoms with Gasteiger partial charge in [-0.25, -0.2) is 0 Å². The summed E-state index contributed by atoms with van der Waals surface area (Å²) in [7, 11) is 0. The summed E-state index contributed by atoms with van der Waals surface area (Å²) in [6, 6.07) is 15.5. The first-order valence-corrected chi connectivity index (χ1v) is 8.97. The Morgan fingerprint density at radius 2 is 1.73 bits per heavy atom. The number of hydrogen-bond donors (Lipinski definition) is 2. The maximum absolute atomic E-state index is 12.7. The Bertz CT molecular complexity index is 732. The maximum atomic E-state index is 12.7. The lowest BCUT2D eigenvalue weighted by Gasteiger charge is -2.25. The summed E-state index contributed by atoms with van der Waals surface area (Å²) in [4.78, 5) is 15.0. The lowest BCUT2D eigenvalue weighted by Crippen LogP contribution is -2.45. The van der Waals surface area contributed by atoms with Crippen molar-refractivity contribution < 1.29 is 4.79 Å². The fourth-order valence-electron chi connectivity index (χ4n) is 2.94. The van der Waals surface area contributed by atoms with Crippen molar-refractivity contribution in [1.82, 2.24) is 0 Å². The number of amides is 1. The van der Waals surface area contributed by atoms with E-state index in [1.807, 2.05) is 42.5 Å². The zero-order valence-electron chi connectivity index (χ0n) is 14.6. The second-order valence-electron chi connectivity index (χ2n) is 6.41. The topological polar surface area (TPSA) is 58.4 Å². The molecule has 0 saturated carbocycles. The van der Waals surface area contributed by atoms with Crippen LogP contribution in [0.3, 0.4) is 0 Å². The molecule has 142 valence electrons. The van der Waals surface area contributed by atoms with Crippen molar-refractivity contribution >= 4 is 58.0 Å². The van der Waals surface area contributed by atoms with Crippen LogP contribution in [-0.4, -0.2) is 19.0 Å². The van der Waals surface area contributed by atoms with E-state index in [0.29, 0.717) is 0 Å². The van der Waals surface area contributed by atoms with E-state index in [1.54, 1.807) is 6.92 Å². The van der Waals surface area contributed by atoms with Gasteiger partial charge < -0.3 is 16.0 Å². The molecule has 0 bridgehead atoms. The standard InChI is InChI=1S/C19H22BrN3O.2ClH/c1-19(21,14-7-9-15(20)10-8-14)18(24)22-16-5-4-6-17(13-16)23-11-2-3-12-23;;/h4-10,13H,2-3,11-12,21H2,1H3,(H,22,24);2*1H. The molecule has 2 aromatic rings. The molecule has 3 rings (SSSR count). The number of nitrogens with one attached hydrogen (secondary N) is 1. The van der Waals surface area contributed by atoms with Crippen LogP contribution in [0.2, 0.25) is 0 Å². The van der Waals surface area contributed by atoms with Crippen LogP contribution >= 0.6 is 40.7 Å². The molecule has 7 heteroatoms. The van der Waals surface area contributed by atoms with Crippen LogP contribution in [0.5, 0.6) is 0 Å². The first-order valence-electron chi connectivity index (χ1n) is 8.18. The van der Waals surface area contributed by atoms with Gasteiger partial charge in [0.1, 0.15) is 5.54 Å². The van der Waals surface area contributed by atoms with E-state index in [0.717, 1.165) is 34.5 Å². The molecule has 2 aromatic carbocycles. The molecule has 0 aliphatic carbocycles. The number of nitrogens with two attached hydrogens (primary N) is 1. The van der Waals surface area contributed by atoms with E-state index < -0.39 is 5.54 Å². The minimum Gasteiger partial charge on any atom is -0.371 e. The normalized spacial score (nSPS) is 15.4. The average Bonchev–Trinajstić information content (AvgIpc) is 3.10. The molecular formula is C19H24BrCl2N3O. The molecule has 3 N–H and O–H groups in total. The Morgan fingerprint density at radius 3 is 2.35 bits per heavy atom. The number of benzene rings is 2. The van der Waals surface area contributed by atoms with Crippen LogP contribution in [0.4, 0.5) is 11.4 Å². The molecule has 4 nitrogen and oxygen atoms in total. The first-order chi connectivity index (χ1) is 11.5. The summed E-state index contributed by atoms with van der Waals surface area (Å²) in [5.41, 5.74) is 7.91. The van der Waals surface area contributed by atoms with E-state index in [-0.39, 0.29) is 30.7 Å². The highest BCUT2D eigenvalue weighted by Crippen LogP contribution is 2.26. The Kier molecular flexibility index (Phi) is 8.41. The van der Waals surface area contributed by atoms with Gasteiger partial charge >= 0.3 is 0 Å². The van der Waals surface area contributed by atoms with Crippen LogP contribution in [-0.2, 0) is 10.3 Å². The molecule has 1 amide bonds. The van der Waals surface area contributed by atoms with Gasteiger partial charge in [0.25, 0.3) is 0 Å². The monoisotopic (exact) mass is 459 g/mol. The molecule has 1 aliphatic rings. The molecule has 1 saturated heterocycles. The summed E-state index contributed by atoms with van der Waals surface area (Å²) in [5, 5.41) is 2.96. The molecule has 1 aliphatic heterocycles. The molecule has 1 atom stereocenters. The van der Waals surface area contributed by atoms with Crippen molar-refractivity contribution in [1.29, 1.82) is 0 Å². The van der Waals surface area contributed by atoms with Gasteiger partial charge in [0.15, 0.2) is 0 Å². The van der Waals surface area contributed by atoms with Crippen LogP contribution in [0, 0.1) is 0 Å². The molecule has 1 fully saturated rings. The van der Waals surface area contributed by atoms with Crippen LogP contribution in [0.15, 0.2) is 53.0 Å². The number of rotatable bonds is 4. The van der Waals surface area contributed by atoms with Crippen molar-refractivity contribution in [3.63, 3.8) is 0 Å². The minimum atomic E-state index is -1.09. The van der Waals surface area contributed by atoms with Crippen LogP contribution in [0.1, 0.15) is 25.3 Å². The van der Waals surface area contributed by atoms with Gasteiger partial charge in [-0.15, -0.1) is 24.8 Å². The van der Waals surface area contributed by atoms with Crippen LogP contribution < -0.4 is 16.0 Å². The van der Waals surface area contributed by atoms with Crippen molar-refractivity contribution in [3.05, 3.63) is 58.6 Å². The lowest BCUT2D eigenvalue weighted by molar-refractivity contribution is -0.120. The number of carbonyl (C=O) groups excluding carboxylic acids is 1. The van der Waals surface area contributed by atoms with Crippen LogP contribution in [0.25, 0.3) is 0 Å². The lowest BCUT2D eigenvalue weighted by atomic mass is 9.92. The SMILES string of the molecule is CC(N)(C(=O)Nc1cccc(N2CCCC2)c1)c1ccc(Br)cc1.Cl.Cl. The fraction of sp³-hybridized carbons (Fsp3) is 0.316. The molecule has 0 spiro atoms. The van der Waals surface area contributed by atoms with E-state index in [4.69, 9.17) is 5.73 Å². The maximum Gasteiger partial charge on any atom is 0.248 e. The summed E-state index contributed by atoms with van der Waals surface area (Å²) in [6.07, 6.45) is 2.45. The highest BCUT2D eigenvalue weighted by molar-refractivity contribution is 9.10. The van der Waals surface area contributed by atoms with Gasteiger partial charge in [-0.05, 0) is 55.7 Å². The molecule has 0 aromatic heterocycles. The van der Waals surface area contributed by atoms with Gasteiger partial charge in [0.2, 0.25) is 5.91 Å². The Hall–Kier alpha value is -1.27. The Morgan fingerprint density at radius 1 is 1.12 bits per heavy atom. The van der Waals surface area contributed by atoms with E-state index in [2.05, 4.69) is 32.2 Å². The zero-order valence-corrected chi connectivity index (χ0v) is 17.8. The fourth-order valence-corrected chi connectivity index (χ4v) is 3.21. The van der Waals surface area contributed by atoms with Gasteiger partial charge in [-0.1, -0.05) is 34.1 Å². The highest BCUT2D eigenvalue weighted by Gasteiger charge is 2.30. The predicted octanol–water partition coefficient (Wildman–Crippen LogP) is 4.71. The summed E-state index contributed by atoms with van der Waals surface area (Å²) in [6.45, 7) is 3.88. The third-order valence-corrected chi connectivity index (χ3v) is 5.02. The number of anilines is 2. The molecule has 0 radical (unpaired) electrons. The van der Waals surface area contributed by atoms with Gasteiger partial charge in [0, 0.05) is 28.9 Å². The number of nitrogens with zero attached hydrogens (tertiary/aromatic N) is 1. The second kappa shape index (κ2) is 9.60. The minimum absolute atomic E-state index is 0. The van der Waals surface area contributed by atoms with Gasteiger partial charge in [0.05, 0.1) is 0 Å². The molecular weight excluding hydrogens is 437 g/mol. The largest absolute Gasteiger partial charge is 0.371 e. The third-order valence-electron chi connectivity index (χ3n) is 4.49. The van der Waals surface area contributed by atoms with Gasteiger partial charge in [-0.2, -0.15) is 0 Å². The Balaban J connectivity index is 0.00000169. The average molecular weight is 461 g/mol. The number of carbonyl (C=O) groups is 1. The summed E-state index contributed by atoms with van der Waals surface area (Å²) >= 11 is 3.40. The zero-order chi connectivity index (χ0) is 17.2. The molecule has 26 heavy (non-hydrogen) atoms.